The van der Waals surface area contributed by atoms with Crippen LogP contribution in [0.2, 0.25) is 0 Å². The second-order valence-corrected chi connectivity index (χ2v) is 4.16. The summed E-state index contributed by atoms with van der Waals surface area (Å²) in [6.45, 7) is 4.61. The van der Waals surface area contributed by atoms with Crippen molar-refractivity contribution in [3.05, 3.63) is 29.4 Å². The third kappa shape index (κ3) is 2.02. The standard InChI is InChI=1S/C10H10BrN3O/c1-2-3-14-6-9(15)13-8-4-7(11)5-12-10(8)14/h2,4-5H,1,3,6H2,(H,13,15). The molecule has 5 heteroatoms. The first-order valence-corrected chi connectivity index (χ1v) is 5.31. The number of pyridine rings is 1. The van der Waals surface area contributed by atoms with Gasteiger partial charge in [0.05, 0.1) is 12.2 Å². The normalized spacial score (nSPS) is 14.5. The van der Waals surface area contributed by atoms with Gasteiger partial charge in [0.1, 0.15) is 0 Å². The van der Waals surface area contributed by atoms with Crippen molar-refractivity contribution in [3.63, 3.8) is 0 Å². The van der Waals surface area contributed by atoms with E-state index in [1.165, 1.54) is 0 Å². The molecular weight excluding hydrogens is 258 g/mol. The minimum atomic E-state index is -0.0238. The Balaban J connectivity index is 2.41. The molecule has 78 valence electrons. The quantitative estimate of drug-likeness (QED) is 0.832. The number of nitrogens with one attached hydrogen (secondary N) is 1. The van der Waals surface area contributed by atoms with Crippen LogP contribution in [0.25, 0.3) is 0 Å². The van der Waals surface area contributed by atoms with Gasteiger partial charge >= 0.3 is 0 Å². The van der Waals surface area contributed by atoms with Crippen LogP contribution in [0.15, 0.2) is 29.4 Å². The van der Waals surface area contributed by atoms with Crippen LogP contribution in [0.3, 0.4) is 0 Å². The van der Waals surface area contributed by atoms with Gasteiger partial charge in [-0.1, -0.05) is 6.08 Å². The highest BCUT2D eigenvalue weighted by Gasteiger charge is 2.22. The van der Waals surface area contributed by atoms with Gasteiger partial charge in [-0.05, 0) is 22.0 Å². The number of anilines is 2. The van der Waals surface area contributed by atoms with Gasteiger partial charge in [-0.25, -0.2) is 4.98 Å². The number of amides is 1. The highest BCUT2D eigenvalue weighted by molar-refractivity contribution is 9.10. The molecule has 15 heavy (non-hydrogen) atoms. The van der Waals surface area contributed by atoms with Crippen molar-refractivity contribution in [2.24, 2.45) is 0 Å². The van der Waals surface area contributed by atoms with Crippen molar-refractivity contribution >= 4 is 33.3 Å². The first-order chi connectivity index (χ1) is 7.20. The molecular formula is C10H10BrN3O. The number of halogens is 1. The highest BCUT2D eigenvalue weighted by atomic mass is 79.9. The van der Waals surface area contributed by atoms with Gasteiger partial charge in [-0.2, -0.15) is 0 Å². The Morgan fingerprint density at radius 1 is 1.73 bits per heavy atom. The summed E-state index contributed by atoms with van der Waals surface area (Å²) in [5, 5.41) is 2.78. The summed E-state index contributed by atoms with van der Waals surface area (Å²) in [6, 6.07) is 1.84. The van der Waals surface area contributed by atoms with Crippen molar-refractivity contribution < 1.29 is 4.79 Å². The molecule has 4 nitrogen and oxygen atoms in total. The summed E-state index contributed by atoms with van der Waals surface area (Å²) in [7, 11) is 0. The zero-order valence-corrected chi connectivity index (χ0v) is 9.62. The SMILES string of the molecule is C=CCN1CC(=O)Nc2cc(Br)cnc21. The van der Waals surface area contributed by atoms with Crippen molar-refractivity contribution in [3.8, 4) is 0 Å². The minimum Gasteiger partial charge on any atom is -0.342 e. The van der Waals surface area contributed by atoms with Gasteiger partial charge in [0.2, 0.25) is 5.91 Å². The summed E-state index contributed by atoms with van der Waals surface area (Å²) >= 11 is 3.32. The zero-order valence-electron chi connectivity index (χ0n) is 8.03. The van der Waals surface area contributed by atoms with Crippen LogP contribution in [-0.2, 0) is 4.79 Å². The van der Waals surface area contributed by atoms with Gasteiger partial charge in [-0.3, -0.25) is 4.79 Å². The lowest BCUT2D eigenvalue weighted by Crippen LogP contribution is -2.38. The van der Waals surface area contributed by atoms with E-state index in [0.29, 0.717) is 13.1 Å². The number of fused-ring (bicyclic) bond motifs is 1. The third-order valence-corrected chi connectivity index (χ3v) is 2.52. The highest BCUT2D eigenvalue weighted by Crippen LogP contribution is 2.29. The number of carbonyl (C=O) groups excluding carboxylic acids is 1. The summed E-state index contributed by atoms with van der Waals surface area (Å²) in [4.78, 5) is 17.5. The number of carbonyl (C=O) groups is 1. The van der Waals surface area contributed by atoms with E-state index in [-0.39, 0.29) is 5.91 Å². The Morgan fingerprint density at radius 2 is 2.53 bits per heavy atom. The Morgan fingerprint density at radius 3 is 3.27 bits per heavy atom. The fraction of sp³-hybridized carbons (Fsp3) is 0.200. The lowest BCUT2D eigenvalue weighted by atomic mass is 10.2. The van der Waals surface area contributed by atoms with Gasteiger partial charge in [-0.15, -0.1) is 6.58 Å². The number of nitrogens with zero attached hydrogens (tertiary/aromatic N) is 2. The number of hydrogen-bond acceptors (Lipinski definition) is 3. The molecule has 0 saturated heterocycles. The molecule has 0 atom stereocenters. The molecule has 0 bridgehead atoms. The topological polar surface area (TPSA) is 45.2 Å². The molecule has 1 aliphatic rings. The predicted octanol–water partition coefficient (Wildman–Crippen LogP) is 1.79. The summed E-state index contributed by atoms with van der Waals surface area (Å²) in [6.07, 6.45) is 3.47. The maximum absolute atomic E-state index is 11.4. The second-order valence-electron chi connectivity index (χ2n) is 3.24. The first-order valence-electron chi connectivity index (χ1n) is 4.52. The van der Waals surface area contributed by atoms with Gasteiger partial charge in [0, 0.05) is 17.2 Å². The monoisotopic (exact) mass is 267 g/mol. The zero-order chi connectivity index (χ0) is 10.8. The Hall–Kier alpha value is -1.36. The molecule has 2 rings (SSSR count). The molecule has 1 aliphatic heterocycles. The van der Waals surface area contributed by atoms with Gasteiger partial charge in [0.15, 0.2) is 5.82 Å². The molecule has 1 aromatic rings. The average Bonchev–Trinajstić information content (AvgIpc) is 2.17. The molecule has 1 amide bonds. The van der Waals surface area contributed by atoms with Crippen molar-refractivity contribution in [1.82, 2.24) is 4.98 Å². The van der Waals surface area contributed by atoms with Crippen molar-refractivity contribution in [1.29, 1.82) is 0 Å². The molecule has 0 fully saturated rings. The molecule has 1 aromatic heterocycles. The van der Waals surface area contributed by atoms with E-state index in [1.807, 2.05) is 11.0 Å². The average molecular weight is 268 g/mol. The summed E-state index contributed by atoms with van der Waals surface area (Å²) in [5.74, 6) is 0.766. The van der Waals surface area contributed by atoms with Crippen LogP contribution in [0.5, 0.6) is 0 Å². The predicted molar refractivity (Wildman–Crippen MR) is 63.0 cm³/mol. The second kappa shape index (κ2) is 4.02. The van der Waals surface area contributed by atoms with Crippen LogP contribution in [0.1, 0.15) is 0 Å². The van der Waals surface area contributed by atoms with E-state index in [2.05, 4.69) is 32.8 Å². The molecule has 0 radical (unpaired) electrons. The van der Waals surface area contributed by atoms with E-state index in [9.17, 15) is 4.79 Å². The van der Waals surface area contributed by atoms with Crippen LogP contribution in [0, 0.1) is 0 Å². The van der Waals surface area contributed by atoms with Gasteiger partial charge in [0.25, 0.3) is 0 Å². The van der Waals surface area contributed by atoms with Crippen molar-refractivity contribution in [2.45, 2.75) is 0 Å². The minimum absolute atomic E-state index is 0.0238. The maximum atomic E-state index is 11.4. The molecule has 0 saturated carbocycles. The fourth-order valence-corrected chi connectivity index (χ4v) is 1.85. The lowest BCUT2D eigenvalue weighted by Gasteiger charge is -2.28. The van der Waals surface area contributed by atoms with Crippen LogP contribution >= 0.6 is 15.9 Å². The maximum Gasteiger partial charge on any atom is 0.244 e. The van der Waals surface area contributed by atoms with E-state index in [4.69, 9.17) is 0 Å². The molecule has 1 N–H and O–H groups in total. The van der Waals surface area contributed by atoms with Gasteiger partial charge < -0.3 is 10.2 Å². The number of aromatic nitrogens is 1. The lowest BCUT2D eigenvalue weighted by molar-refractivity contribution is -0.115. The summed E-state index contributed by atoms with van der Waals surface area (Å²) in [5.41, 5.74) is 0.738. The van der Waals surface area contributed by atoms with Crippen molar-refractivity contribution in [2.75, 3.05) is 23.3 Å². The summed E-state index contributed by atoms with van der Waals surface area (Å²) < 4.78 is 0.849. The first kappa shape index (κ1) is 10.2. The van der Waals surface area contributed by atoms with E-state index >= 15 is 0 Å². The molecule has 0 aromatic carbocycles. The van der Waals surface area contributed by atoms with Crippen LogP contribution in [0.4, 0.5) is 11.5 Å². The molecule has 2 heterocycles. The molecule has 0 unspecified atom stereocenters. The smallest absolute Gasteiger partial charge is 0.244 e. The fourth-order valence-electron chi connectivity index (χ4n) is 1.52. The van der Waals surface area contributed by atoms with E-state index in [1.54, 1.807) is 12.3 Å². The van der Waals surface area contributed by atoms with E-state index in [0.717, 1.165) is 16.0 Å². The van der Waals surface area contributed by atoms with Crippen LogP contribution < -0.4 is 10.2 Å². The van der Waals surface area contributed by atoms with E-state index < -0.39 is 0 Å². The molecule has 0 aliphatic carbocycles. The largest absolute Gasteiger partial charge is 0.342 e. The molecule has 0 spiro atoms. The van der Waals surface area contributed by atoms with Crippen LogP contribution in [-0.4, -0.2) is 24.0 Å². The number of hydrogen-bond donors (Lipinski definition) is 1. The Labute approximate surface area is 96.1 Å². The number of rotatable bonds is 2. The third-order valence-electron chi connectivity index (χ3n) is 2.09. The Bertz CT molecular complexity index is 419. The Kier molecular flexibility index (Phi) is 2.73.